The topological polar surface area (TPSA) is 78.9 Å². The van der Waals surface area contributed by atoms with Crippen molar-refractivity contribution in [2.24, 2.45) is 0 Å². The summed E-state index contributed by atoms with van der Waals surface area (Å²) in [5.74, 6) is -0.918. The molecule has 0 fully saturated rings. The summed E-state index contributed by atoms with van der Waals surface area (Å²) in [6.07, 6.45) is 93.1. The lowest BCUT2D eigenvalue weighted by Gasteiger charge is -2.18. The second kappa shape index (κ2) is 66.1. The zero-order valence-electron chi connectivity index (χ0n) is 51.3. The van der Waals surface area contributed by atoms with Gasteiger partial charge in [0, 0.05) is 19.3 Å². The van der Waals surface area contributed by atoms with Crippen LogP contribution >= 0.6 is 0 Å². The summed E-state index contributed by atoms with van der Waals surface area (Å²) < 4.78 is 16.9. The SMILES string of the molecule is CC/C=C\C/C=C\C/C=C\C/C=C\C/C=C\C/C=C\C/C=C\C/C=C\CCCCCCCCC(=O)OCC(COC(=O)CCCCCCCCCCCCCCCCC)OC(=O)CCCCCCC/C=C\C/C=C\C/C=C\CC. The van der Waals surface area contributed by atoms with Gasteiger partial charge in [-0.15, -0.1) is 0 Å². The Labute approximate surface area is 487 Å². The average molecular weight is 1090 g/mol. The maximum Gasteiger partial charge on any atom is 0.306 e. The Balaban J connectivity index is 4.35. The van der Waals surface area contributed by atoms with Crippen molar-refractivity contribution >= 4 is 17.9 Å². The molecule has 0 aliphatic rings. The molecule has 0 aromatic heterocycles. The number of rotatable bonds is 58. The predicted molar refractivity (Wildman–Crippen MR) is 343 cm³/mol. The Morgan fingerprint density at radius 2 is 0.494 bits per heavy atom. The van der Waals surface area contributed by atoms with E-state index in [-0.39, 0.29) is 31.1 Å². The molecule has 0 saturated carbocycles. The summed E-state index contributed by atoms with van der Waals surface area (Å²) in [7, 11) is 0. The van der Waals surface area contributed by atoms with Crippen molar-refractivity contribution in [1.29, 1.82) is 0 Å². The Bertz CT molecular complexity index is 1680. The van der Waals surface area contributed by atoms with Crippen molar-refractivity contribution in [3.8, 4) is 0 Å². The van der Waals surface area contributed by atoms with Crippen molar-refractivity contribution in [1.82, 2.24) is 0 Å². The van der Waals surface area contributed by atoms with Crippen LogP contribution in [0.1, 0.15) is 290 Å². The molecule has 0 aliphatic carbocycles. The minimum atomic E-state index is -0.797. The molecule has 0 amide bonds. The van der Waals surface area contributed by atoms with Gasteiger partial charge >= 0.3 is 17.9 Å². The zero-order chi connectivity index (χ0) is 57.1. The summed E-state index contributed by atoms with van der Waals surface area (Å²) in [4.78, 5) is 38.3. The summed E-state index contributed by atoms with van der Waals surface area (Å²) in [6, 6.07) is 0. The van der Waals surface area contributed by atoms with Crippen molar-refractivity contribution in [3.05, 3.63) is 134 Å². The zero-order valence-corrected chi connectivity index (χ0v) is 51.3. The van der Waals surface area contributed by atoms with Crippen LogP contribution in [0, 0.1) is 0 Å². The van der Waals surface area contributed by atoms with Crippen LogP contribution in [0.25, 0.3) is 0 Å². The molecule has 6 heteroatoms. The quantitative estimate of drug-likeness (QED) is 0.0261. The summed E-state index contributed by atoms with van der Waals surface area (Å²) in [5.41, 5.74) is 0. The molecule has 448 valence electrons. The number of carbonyl (C=O) groups is 3. The van der Waals surface area contributed by atoms with Crippen LogP contribution in [0.4, 0.5) is 0 Å². The molecular weight excluding hydrogens is 973 g/mol. The van der Waals surface area contributed by atoms with Crippen LogP contribution in [0.2, 0.25) is 0 Å². The maximum atomic E-state index is 12.9. The van der Waals surface area contributed by atoms with Crippen LogP contribution in [0.5, 0.6) is 0 Å². The third-order valence-electron chi connectivity index (χ3n) is 13.7. The first kappa shape index (κ1) is 74.5. The molecule has 0 aromatic rings. The minimum Gasteiger partial charge on any atom is -0.462 e. The lowest BCUT2D eigenvalue weighted by molar-refractivity contribution is -0.167. The van der Waals surface area contributed by atoms with Gasteiger partial charge in [-0.05, 0) is 116 Å². The van der Waals surface area contributed by atoms with Gasteiger partial charge in [0.1, 0.15) is 13.2 Å². The van der Waals surface area contributed by atoms with E-state index in [1.807, 2.05) is 0 Å². The highest BCUT2D eigenvalue weighted by atomic mass is 16.6. The average Bonchev–Trinajstić information content (AvgIpc) is 3.45. The number of hydrogen-bond donors (Lipinski definition) is 0. The molecule has 0 radical (unpaired) electrons. The predicted octanol–water partition coefficient (Wildman–Crippen LogP) is 22.5. The summed E-state index contributed by atoms with van der Waals surface area (Å²) in [6.45, 7) is 6.40. The second-order valence-electron chi connectivity index (χ2n) is 21.3. The first-order valence-corrected chi connectivity index (χ1v) is 32.7. The molecule has 79 heavy (non-hydrogen) atoms. The molecule has 0 saturated heterocycles. The largest absolute Gasteiger partial charge is 0.462 e. The van der Waals surface area contributed by atoms with Gasteiger partial charge in [-0.3, -0.25) is 14.4 Å². The molecule has 0 N–H and O–H groups in total. The Morgan fingerprint density at radius 3 is 0.772 bits per heavy atom. The molecule has 0 aliphatic heterocycles. The fourth-order valence-corrected chi connectivity index (χ4v) is 8.83. The molecular formula is C73H120O6. The molecule has 0 spiro atoms. The fourth-order valence-electron chi connectivity index (χ4n) is 8.83. The normalized spacial score (nSPS) is 13.0. The van der Waals surface area contributed by atoms with Crippen molar-refractivity contribution in [2.75, 3.05) is 13.2 Å². The maximum absolute atomic E-state index is 12.9. The number of hydrogen-bond acceptors (Lipinski definition) is 6. The van der Waals surface area contributed by atoms with E-state index >= 15 is 0 Å². The Morgan fingerprint density at radius 1 is 0.266 bits per heavy atom. The molecule has 0 rings (SSSR count). The van der Waals surface area contributed by atoms with Crippen LogP contribution in [-0.2, 0) is 28.6 Å². The smallest absolute Gasteiger partial charge is 0.306 e. The van der Waals surface area contributed by atoms with E-state index in [2.05, 4.69) is 154 Å². The van der Waals surface area contributed by atoms with E-state index < -0.39 is 6.10 Å². The highest BCUT2D eigenvalue weighted by Crippen LogP contribution is 2.16. The van der Waals surface area contributed by atoms with E-state index in [4.69, 9.17) is 14.2 Å². The highest BCUT2D eigenvalue weighted by molar-refractivity contribution is 5.71. The van der Waals surface area contributed by atoms with Gasteiger partial charge in [0.15, 0.2) is 6.10 Å². The summed E-state index contributed by atoms with van der Waals surface area (Å²) >= 11 is 0. The van der Waals surface area contributed by atoms with Gasteiger partial charge in [-0.1, -0.05) is 289 Å². The van der Waals surface area contributed by atoms with Gasteiger partial charge in [-0.2, -0.15) is 0 Å². The van der Waals surface area contributed by atoms with Gasteiger partial charge in [-0.25, -0.2) is 0 Å². The highest BCUT2D eigenvalue weighted by Gasteiger charge is 2.19. The van der Waals surface area contributed by atoms with Crippen molar-refractivity contribution in [2.45, 2.75) is 297 Å². The molecule has 0 bridgehead atoms. The molecule has 6 nitrogen and oxygen atoms in total. The fraction of sp³-hybridized carbons (Fsp3) is 0.658. The lowest BCUT2D eigenvalue weighted by Crippen LogP contribution is -2.30. The van der Waals surface area contributed by atoms with Gasteiger partial charge < -0.3 is 14.2 Å². The molecule has 1 unspecified atom stereocenters. The van der Waals surface area contributed by atoms with E-state index in [1.165, 1.54) is 89.9 Å². The first-order valence-electron chi connectivity index (χ1n) is 32.7. The minimum absolute atomic E-state index is 0.0905. The second-order valence-corrected chi connectivity index (χ2v) is 21.3. The molecule has 0 heterocycles. The van der Waals surface area contributed by atoms with Crippen molar-refractivity contribution in [3.63, 3.8) is 0 Å². The Hall–Kier alpha value is -4.45. The lowest BCUT2D eigenvalue weighted by atomic mass is 10.0. The van der Waals surface area contributed by atoms with Crippen LogP contribution in [-0.4, -0.2) is 37.2 Å². The molecule has 1 atom stereocenters. The van der Waals surface area contributed by atoms with Gasteiger partial charge in [0.2, 0.25) is 0 Å². The number of unbranched alkanes of at least 4 members (excludes halogenated alkanes) is 25. The van der Waals surface area contributed by atoms with E-state index in [0.29, 0.717) is 19.3 Å². The number of allylic oxidation sites excluding steroid dienone is 22. The van der Waals surface area contributed by atoms with Gasteiger partial charge in [0.05, 0.1) is 0 Å². The van der Waals surface area contributed by atoms with Crippen LogP contribution in [0.15, 0.2) is 134 Å². The third kappa shape index (κ3) is 64.3. The number of carbonyl (C=O) groups excluding carboxylic acids is 3. The van der Waals surface area contributed by atoms with Crippen LogP contribution in [0.3, 0.4) is 0 Å². The standard InChI is InChI=1S/C73H120O6/c1-4-7-10-13-16-19-22-25-28-29-30-31-32-33-34-35-36-37-38-39-40-41-42-43-46-48-51-54-57-60-63-66-72(75)78-69-70(79-73(76)67-64-61-58-55-52-49-45-27-24-21-18-15-12-9-6-3)68-77-71(74)65-62-59-56-53-50-47-44-26-23-20-17-14-11-8-5-2/h7,9-10,12,16,18-19,21,25,27-28,30-31,33-34,36-37,39-40,42-43,45,70H,4-6,8,11,13-15,17,20,22-24,26,29,32,35,38,41,44,46-69H2,1-3H3/b10-7-,12-9-,19-16-,21-18-,28-25-,31-30-,34-33-,37-36-,40-39-,43-42-,45-27-. The summed E-state index contributed by atoms with van der Waals surface area (Å²) in [5, 5.41) is 0. The Kier molecular flexibility index (Phi) is 62.3. The third-order valence-corrected chi connectivity index (χ3v) is 13.7. The van der Waals surface area contributed by atoms with Crippen molar-refractivity contribution < 1.29 is 28.6 Å². The van der Waals surface area contributed by atoms with Crippen LogP contribution < -0.4 is 0 Å². The number of esters is 3. The molecule has 0 aromatic carbocycles. The number of ether oxygens (including phenoxy) is 3. The monoisotopic (exact) mass is 1090 g/mol. The van der Waals surface area contributed by atoms with Gasteiger partial charge in [0.25, 0.3) is 0 Å². The van der Waals surface area contributed by atoms with E-state index in [1.54, 1.807) is 0 Å². The van der Waals surface area contributed by atoms with E-state index in [0.717, 1.165) is 161 Å². The van der Waals surface area contributed by atoms with E-state index in [9.17, 15) is 14.4 Å². The first-order chi connectivity index (χ1) is 39.0.